The molecule has 0 radical (unpaired) electrons. The van der Waals surface area contributed by atoms with E-state index in [9.17, 15) is 0 Å². The van der Waals surface area contributed by atoms with Crippen molar-refractivity contribution in [1.82, 2.24) is 5.32 Å². The summed E-state index contributed by atoms with van der Waals surface area (Å²) in [5.74, 6) is 0. The van der Waals surface area contributed by atoms with E-state index in [2.05, 4.69) is 61.6 Å². The lowest BCUT2D eigenvalue weighted by atomic mass is 10.0. The molecule has 2 aromatic rings. The third kappa shape index (κ3) is 4.73. The normalized spacial score (nSPS) is 13.4. The van der Waals surface area contributed by atoms with Crippen molar-refractivity contribution in [2.75, 3.05) is 0 Å². The Bertz CT molecular complexity index is 598. The smallest absolute Gasteiger partial charge is 0.0991 e. The Kier molecular flexibility index (Phi) is 5.54. The summed E-state index contributed by atoms with van der Waals surface area (Å²) in [5.41, 5.74) is 3.27. The van der Waals surface area contributed by atoms with E-state index in [-0.39, 0.29) is 6.04 Å². The van der Waals surface area contributed by atoms with Gasteiger partial charge in [-0.3, -0.25) is 0 Å². The molecule has 0 aliphatic carbocycles. The predicted molar refractivity (Wildman–Crippen MR) is 86.9 cm³/mol. The van der Waals surface area contributed by atoms with Crippen molar-refractivity contribution in [3.63, 3.8) is 0 Å². The van der Waals surface area contributed by atoms with Crippen molar-refractivity contribution in [3.8, 4) is 6.07 Å². The molecule has 1 N–H and O–H groups in total. The van der Waals surface area contributed by atoms with Gasteiger partial charge in [-0.15, -0.1) is 0 Å². The molecule has 0 fully saturated rings. The first-order chi connectivity index (χ1) is 10.2. The third-order valence-corrected chi connectivity index (χ3v) is 3.76. The maximum Gasteiger partial charge on any atom is 0.0991 e. The van der Waals surface area contributed by atoms with Crippen LogP contribution in [-0.4, -0.2) is 6.04 Å². The van der Waals surface area contributed by atoms with Crippen molar-refractivity contribution < 1.29 is 0 Å². The molecule has 0 spiro atoms. The van der Waals surface area contributed by atoms with Gasteiger partial charge in [-0.1, -0.05) is 42.5 Å². The molecule has 2 unspecified atom stereocenters. The molecule has 2 rings (SSSR count). The first kappa shape index (κ1) is 15.3. The monoisotopic (exact) mass is 278 g/mol. The first-order valence-electron chi connectivity index (χ1n) is 7.49. The lowest BCUT2D eigenvalue weighted by Crippen LogP contribution is -2.29. The second kappa shape index (κ2) is 7.61. The van der Waals surface area contributed by atoms with Gasteiger partial charge >= 0.3 is 0 Å². The van der Waals surface area contributed by atoms with Crippen LogP contribution in [0.3, 0.4) is 0 Å². The predicted octanol–water partition coefficient (Wildman–Crippen LogP) is 4.23. The lowest BCUT2D eigenvalue weighted by Gasteiger charge is -2.20. The van der Waals surface area contributed by atoms with Gasteiger partial charge in [-0.2, -0.15) is 5.26 Å². The van der Waals surface area contributed by atoms with E-state index in [1.165, 1.54) is 11.1 Å². The summed E-state index contributed by atoms with van der Waals surface area (Å²) in [7, 11) is 0. The van der Waals surface area contributed by atoms with Crippen LogP contribution in [-0.2, 0) is 6.42 Å². The van der Waals surface area contributed by atoms with E-state index in [4.69, 9.17) is 5.26 Å². The molecule has 2 heteroatoms. The molecular weight excluding hydrogens is 256 g/mol. The number of hydrogen-bond donors (Lipinski definition) is 1. The second-order valence-electron chi connectivity index (χ2n) is 5.55. The van der Waals surface area contributed by atoms with Gasteiger partial charge in [-0.05, 0) is 49.9 Å². The highest BCUT2D eigenvalue weighted by molar-refractivity contribution is 5.34. The van der Waals surface area contributed by atoms with Gasteiger partial charge in [0.2, 0.25) is 0 Å². The molecule has 108 valence electrons. The van der Waals surface area contributed by atoms with E-state index < -0.39 is 0 Å². The Morgan fingerprint density at radius 2 is 1.81 bits per heavy atom. The van der Waals surface area contributed by atoms with Crippen LogP contribution in [0.5, 0.6) is 0 Å². The Labute approximate surface area is 127 Å². The first-order valence-corrected chi connectivity index (χ1v) is 7.49. The van der Waals surface area contributed by atoms with E-state index in [1.54, 1.807) is 0 Å². The Morgan fingerprint density at radius 1 is 1.05 bits per heavy atom. The van der Waals surface area contributed by atoms with Gasteiger partial charge in [0.25, 0.3) is 0 Å². The molecule has 2 aromatic carbocycles. The van der Waals surface area contributed by atoms with Crippen LogP contribution in [0.4, 0.5) is 0 Å². The zero-order valence-electron chi connectivity index (χ0n) is 12.7. The molecule has 2 atom stereocenters. The molecule has 0 saturated carbocycles. The molecule has 0 aromatic heterocycles. The van der Waals surface area contributed by atoms with Crippen molar-refractivity contribution in [2.24, 2.45) is 0 Å². The Hall–Kier alpha value is -2.11. The highest BCUT2D eigenvalue weighted by atomic mass is 14.9. The molecule has 0 aliphatic heterocycles. The van der Waals surface area contributed by atoms with Gasteiger partial charge in [0.15, 0.2) is 0 Å². The summed E-state index contributed by atoms with van der Waals surface area (Å²) in [6.45, 7) is 4.36. The molecule has 0 bridgehead atoms. The number of benzene rings is 2. The minimum absolute atomic E-state index is 0.254. The van der Waals surface area contributed by atoms with Crippen LogP contribution in [0.2, 0.25) is 0 Å². The van der Waals surface area contributed by atoms with Crippen LogP contribution in [0, 0.1) is 11.3 Å². The topological polar surface area (TPSA) is 35.8 Å². The number of rotatable bonds is 6. The van der Waals surface area contributed by atoms with Crippen LogP contribution >= 0.6 is 0 Å². The summed E-state index contributed by atoms with van der Waals surface area (Å²) in [6, 6.07) is 21.3. The number of aryl methyl sites for hydroxylation is 1. The lowest BCUT2D eigenvalue weighted by molar-refractivity contribution is 0.456. The summed E-state index contributed by atoms with van der Waals surface area (Å²) >= 11 is 0. The van der Waals surface area contributed by atoms with E-state index in [0.717, 1.165) is 18.4 Å². The maximum absolute atomic E-state index is 8.97. The van der Waals surface area contributed by atoms with Crippen molar-refractivity contribution in [2.45, 2.75) is 38.8 Å². The van der Waals surface area contributed by atoms with Crippen molar-refractivity contribution in [1.29, 1.82) is 5.26 Å². The van der Waals surface area contributed by atoms with E-state index in [0.29, 0.717) is 6.04 Å². The van der Waals surface area contributed by atoms with Crippen LogP contribution in [0.15, 0.2) is 54.6 Å². The minimum Gasteiger partial charge on any atom is -0.308 e. The average Bonchev–Trinajstić information content (AvgIpc) is 2.54. The van der Waals surface area contributed by atoms with Crippen molar-refractivity contribution >= 4 is 0 Å². The van der Waals surface area contributed by atoms with Crippen LogP contribution in [0.1, 0.15) is 43.0 Å². The third-order valence-electron chi connectivity index (χ3n) is 3.76. The van der Waals surface area contributed by atoms with Crippen LogP contribution in [0.25, 0.3) is 0 Å². The van der Waals surface area contributed by atoms with Gasteiger partial charge in [0.05, 0.1) is 11.6 Å². The number of nitrogens with zero attached hydrogens (tertiary/aromatic N) is 1. The molecule has 0 saturated heterocycles. The summed E-state index contributed by atoms with van der Waals surface area (Å²) in [4.78, 5) is 0. The second-order valence-corrected chi connectivity index (χ2v) is 5.55. The number of hydrogen-bond acceptors (Lipinski definition) is 2. The fourth-order valence-electron chi connectivity index (χ4n) is 2.51. The molecular formula is C19H22N2. The largest absolute Gasteiger partial charge is 0.308 e. The number of nitrogens with one attached hydrogen (secondary N) is 1. The fourth-order valence-corrected chi connectivity index (χ4v) is 2.51. The quantitative estimate of drug-likeness (QED) is 0.858. The van der Waals surface area contributed by atoms with Gasteiger partial charge < -0.3 is 5.32 Å². The van der Waals surface area contributed by atoms with E-state index in [1.807, 2.05) is 18.2 Å². The SMILES string of the molecule is CC(CCc1ccccc1)NC(C)c1cccc(C#N)c1. The maximum atomic E-state index is 8.97. The highest BCUT2D eigenvalue weighted by Gasteiger charge is 2.10. The van der Waals surface area contributed by atoms with Crippen LogP contribution < -0.4 is 5.32 Å². The molecule has 2 nitrogen and oxygen atoms in total. The minimum atomic E-state index is 0.254. The van der Waals surface area contributed by atoms with Crippen molar-refractivity contribution in [3.05, 3.63) is 71.3 Å². The molecule has 0 heterocycles. The zero-order chi connectivity index (χ0) is 15.1. The van der Waals surface area contributed by atoms with Gasteiger partial charge in [-0.25, -0.2) is 0 Å². The number of nitriles is 1. The Morgan fingerprint density at radius 3 is 2.52 bits per heavy atom. The van der Waals surface area contributed by atoms with E-state index >= 15 is 0 Å². The highest BCUT2D eigenvalue weighted by Crippen LogP contribution is 2.15. The Balaban J connectivity index is 1.87. The zero-order valence-corrected chi connectivity index (χ0v) is 12.7. The van der Waals surface area contributed by atoms with Gasteiger partial charge in [0.1, 0.15) is 0 Å². The summed E-state index contributed by atoms with van der Waals surface area (Å²) in [5, 5.41) is 12.6. The molecule has 21 heavy (non-hydrogen) atoms. The fraction of sp³-hybridized carbons (Fsp3) is 0.316. The average molecular weight is 278 g/mol. The summed E-state index contributed by atoms with van der Waals surface area (Å²) in [6.07, 6.45) is 2.19. The molecule has 0 amide bonds. The standard InChI is InChI=1S/C19H22N2/c1-15(11-12-17-7-4-3-5-8-17)21-16(2)19-10-6-9-18(13-19)14-20/h3-10,13,15-16,21H,11-12H2,1-2H3. The van der Waals surface area contributed by atoms with Gasteiger partial charge in [0, 0.05) is 12.1 Å². The molecule has 0 aliphatic rings. The summed E-state index contributed by atoms with van der Waals surface area (Å²) < 4.78 is 0.